The zero-order chi connectivity index (χ0) is 16.2. The molecule has 5 heteroatoms. The molecule has 0 radical (unpaired) electrons. The molecule has 0 saturated heterocycles. The molecule has 23 heavy (non-hydrogen) atoms. The minimum absolute atomic E-state index is 0.0872. The Kier molecular flexibility index (Phi) is 4.19. The lowest BCUT2D eigenvalue weighted by atomic mass is 10.1. The van der Waals surface area contributed by atoms with Crippen LogP contribution < -0.4 is 0 Å². The van der Waals surface area contributed by atoms with E-state index < -0.39 is 0 Å². The van der Waals surface area contributed by atoms with Crippen LogP contribution >= 0.6 is 0 Å². The van der Waals surface area contributed by atoms with Crippen molar-refractivity contribution in [2.75, 3.05) is 7.05 Å². The molecule has 1 aromatic carbocycles. The molecule has 0 aliphatic rings. The van der Waals surface area contributed by atoms with Gasteiger partial charge in [0.25, 0.3) is 5.91 Å². The molecule has 2 heterocycles. The first-order chi connectivity index (χ1) is 11.2. The predicted molar refractivity (Wildman–Crippen MR) is 86.7 cm³/mol. The molecule has 3 aromatic rings. The fourth-order valence-corrected chi connectivity index (χ4v) is 2.34. The molecule has 3 rings (SSSR count). The molecular weight excluding hydrogens is 290 g/mol. The molecule has 0 fully saturated rings. The summed E-state index contributed by atoms with van der Waals surface area (Å²) in [7, 11) is 1.75. The van der Waals surface area contributed by atoms with Crippen LogP contribution in [0, 0.1) is 0 Å². The average molecular weight is 307 g/mol. The second kappa shape index (κ2) is 6.44. The Morgan fingerprint density at radius 2 is 1.83 bits per heavy atom. The van der Waals surface area contributed by atoms with E-state index in [9.17, 15) is 4.79 Å². The van der Waals surface area contributed by atoms with Crippen LogP contribution in [-0.2, 0) is 0 Å². The Bertz CT molecular complexity index is 784. The molecule has 0 N–H and O–H groups in total. The van der Waals surface area contributed by atoms with Crippen LogP contribution in [0.2, 0.25) is 0 Å². The van der Waals surface area contributed by atoms with Gasteiger partial charge in [0.1, 0.15) is 5.69 Å². The van der Waals surface area contributed by atoms with Crippen molar-refractivity contribution >= 4 is 5.91 Å². The minimum atomic E-state index is -0.205. The Morgan fingerprint density at radius 3 is 2.52 bits per heavy atom. The van der Waals surface area contributed by atoms with E-state index in [4.69, 9.17) is 4.52 Å². The van der Waals surface area contributed by atoms with Gasteiger partial charge in [-0.2, -0.15) is 0 Å². The number of aromatic nitrogens is 2. The highest BCUT2D eigenvalue weighted by Gasteiger charge is 2.22. The molecule has 0 saturated carbocycles. The second-order valence-electron chi connectivity index (χ2n) is 5.32. The maximum absolute atomic E-state index is 12.6. The molecule has 0 aliphatic heterocycles. The summed E-state index contributed by atoms with van der Waals surface area (Å²) >= 11 is 0. The van der Waals surface area contributed by atoms with Gasteiger partial charge in [-0.25, -0.2) is 0 Å². The highest BCUT2D eigenvalue weighted by Crippen LogP contribution is 2.23. The summed E-state index contributed by atoms with van der Waals surface area (Å²) in [4.78, 5) is 18.2. The van der Waals surface area contributed by atoms with Crippen molar-refractivity contribution in [2.45, 2.75) is 13.0 Å². The van der Waals surface area contributed by atoms with Gasteiger partial charge in [-0.15, -0.1) is 0 Å². The standard InChI is InChI=1S/C18H17N3O2/c1-13(14-8-10-19-11-9-14)21(2)18(22)17-12-16(20-23-17)15-6-4-3-5-7-15/h3-13H,1-2H3. The van der Waals surface area contributed by atoms with Gasteiger partial charge in [0.15, 0.2) is 0 Å². The largest absolute Gasteiger partial charge is 0.350 e. The first-order valence-electron chi connectivity index (χ1n) is 7.36. The molecule has 0 spiro atoms. The van der Waals surface area contributed by atoms with Crippen molar-refractivity contribution in [3.05, 3.63) is 72.2 Å². The monoisotopic (exact) mass is 307 g/mol. The molecule has 5 nitrogen and oxygen atoms in total. The number of pyridine rings is 1. The van der Waals surface area contributed by atoms with Crippen molar-refractivity contribution in [1.29, 1.82) is 0 Å². The van der Waals surface area contributed by atoms with Gasteiger partial charge in [0.05, 0.1) is 6.04 Å². The summed E-state index contributed by atoms with van der Waals surface area (Å²) in [6, 6.07) is 15.0. The van der Waals surface area contributed by atoms with E-state index in [0.29, 0.717) is 5.69 Å². The van der Waals surface area contributed by atoms with E-state index in [1.165, 1.54) is 0 Å². The zero-order valence-electron chi connectivity index (χ0n) is 13.0. The smallest absolute Gasteiger partial charge is 0.292 e. The number of hydrogen-bond donors (Lipinski definition) is 0. The summed E-state index contributed by atoms with van der Waals surface area (Å²) < 4.78 is 5.23. The lowest BCUT2D eigenvalue weighted by molar-refractivity contribution is 0.0700. The van der Waals surface area contributed by atoms with Gasteiger partial charge in [0.2, 0.25) is 5.76 Å². The number of benzene rings is 1. The van der Waals surface area contributed by atoms with E-state index >= 15 is 0 Å². The third kappa shape index (κ3) is 3.13. The number of rotatable bonds is 4. The number of amides is 1. The van der Waals surface area contributed by atoms with Crippen LogP contribution in [0.25, 0.3) is 11.3 Å². The SMILES string of the molecule is CC(c1ccncc1)N(C)C(=O)c1cc(-c2ccccc2)no1. The third-order valence-electron chi connectivity index (χ3n) is 3.88. The fourth-order valence-electron chi connectivity index (χ4n) is 2.34. The van der Waals surface area contributed by atoms with Crippen LogP contribution in [0.15, 0.2) is 65.4 Å². The van der Waals surface area contributed by atoms with Crippen LogP contribution in [-0.4, -0.2) is 28.0 Å². The summed E-state index contributed by atoms with van der Waals surface area (Å²) in [5, 5.41) is 3.99. The van der Waals surface area contributed by atoms with Crippen LogP contribution in [0.5, 0.6) is 0 Å². The number of hydrogen-bond acceptors (Lipinski definition) is 4. The number of carbonyl (C=O) groups excluding carboxylic acids is 1. The average Bonchev–Trinajstić information content (AvgIpc) is 3.11. The lowest BCUT2D eigenvalue weighted by Gasteiger charge is -2.23. The molecule has 0 aliphatic carbocycles. The van der Waals surface area contributed by atoms with E-state index in [0.717, 1.165) is 11.1 Å². The van der Waals surface area contributed by atoms with Crippen molar-refractivity contribution < 1.29 is 9.32 Å². The molecule has 1 amide bonds. The molecule has 116 valence electrons. The number of nitrogens with zero attached hydrogens (tertiary/aromatic N) is 3. The molecule has 0 bridgehead atoms. The normalized spacial score (nSPS) is 11.9. The highest BCUT2D eigenvalue weighted by atomic mass is 16.5. The topological polar surface area (TPSA) is 59.2 Å². The molecule has 1 atom stereocenters. The summed E-state index contributed by atoms with van der Waals surface area (Å²) in [6.07, 6.45) is 3.43. The van der Waals surface area contributed by atoms with Gasteiger partial charge in [-0.1, -0.05) is 35.5 Å². The maximum Gasteiger partial charge on any atom is 0.292 e. The maximum atomic E-state index is 12.6. The van der Waals surface area contributed by atoms with Crippen LogP contribution in [0.4, 0.5) is 0 Å². The van der Waals surface area contributed by atoms with Crippen molar-refractivity contribution in [1.82, 2.24) is 15.0 Å². The Hall–Kier alpha value is -2.95. The highest BCUT2D eigenvalue weighted by molar-refractivity contribution is 5.92. The Labute approximate surface area is 134 Å². The van der Waals surface area contributed by atoms with Gasteiger partial charge >= 0.3 is 0 Å². The van der Waals surface area contributed by atoms with Crippen LogP contribution in [0.3, 0.4) is 0 Å². The van der Waals surface area contributed by atoms with Gasteiger partial charge < -0.3 is 9.42 Å². The fraction of sp³-hybridized carbons (Fsp3) is 0.167. The zero-order valence-corrected chi connectivity index (χ0v) is 13.0. The summed E-state index contributed by atoms with van der Waals surface area (Å²) in [6.45, 7) is 1.96. The Balaban J connectivity index is 1.79. The van der Waals surface area contributed by atoms with E-state index in [1.54, 1.807) is 30.4 Å². The molecular formula is C18H17N3O2. The van der Waals surface area contributed by atoms with Gasteiger partial charge in [0, 0.05) is 31.1 Å². The summed E-state index contributed by atoms with van der Waals surface area (Å²) in [5.74, 6) is 0.0243. The van der Waals surface area contributed by atoms with Crippen molar-refractivity contribution in [3.63, 3.8) is 0 Å². The molecule has 1 unspecified atom stereocenters. The second-order valence-corrected chi connectivity index (χ2v) is 5.32. The van der Waals surface area contributed by atoms with E-state index in [-0.39, 0.29) is 17.7 Å². The molecule has 2 aromatic heterocycles. The quantitative estimate of drug-likeness (QED) is 0.739. The van der Waals surface area contributed by atoms with E-state index in [1.807, 2.05) is 49.4 Å². The van der Waals surface area contributed by atoms with Crippen molar-refractivity contribution in [2.24, 2.45) is 0 Å². The van der Waals surface area contributed by atoms with Gasteiger partial charge in [-0.05, 0) is 24.6 Å². The number of carbonyl (C=O) groups is 1. The van der Waals surface area contributed by atoms with E-state index in [2.05, 4.69) is 10.1 Å². The van der Waals surface area contributed by atoms with Crippen molar-refractivity contribution in [3.8, 4) is 11.3 Å². The van der Waals surface area contributed by atoms with Gasteiger partial charge in [-0.3, -0.25) is 9.78 Å². The first kappa shape index (κ1) is 15.0. The minimum Gasteiger partial charge on any atom is -0.350 e. The van der Waals surface area contributed by atoms with Crippen LogP contribution in [0.1, 0.15) is 29.1 Å². The Morgan fingerprint density at radius 1 is 1.13 bits per heavy atom. The third-order valence-corrected chi connectivity index (χ3v) is 3.88. The summed E-state index contributed by atoms with van der Waals surface area (Å²) in [5.41, 5.74) is 2.58. The lowest BCUT2D eigenvalue weighted by Crippen LogP contribution is -2.29. The first-order valence-corrected chi connectivity index (χ1v) is 7.36. The predicted octanol–water partition coefficient (Wildman–Crippen LogP) is 3.57.